The Bertz CT molecular complexity index is 278. The molecule has 0 spiro atoms. The quantitative estimate of drug-likeness (QED) is 0.791. The summed E-state index contributed by atoms with van der Waals surface area (Å²) in [6.45, 7) is 4.77. The maximum Gasteiger partial charge on any atom is 0.0937 e. The summed E-state index contributed by atoms with van der Waals surface area (Å²) in [7, 11) is 2.21. The standard InChI is InChI=1S/C12H21N3S/c1-15-7-3-11(4-8-15)10-13-5-2-12-14-6-9-16-12/h6,9,11,13H,2-5,7-8,10H2,1H3. The molecule has 1 aliphatic rings. The van der Waals surface area contributed by atoms with Gasteiger partial charge in [-0.05, 0) is 45.4 Å². The van der Waals surface area contributed by atoms with E-state index in [1.807, 2.05) is 11.6 Å². The van der Waals surface area contributed by atoms with Gasteiger partial charge in [-0.2, -0.15) is 0 Å². The summed E-state index contributed by atoms with van der Waals surface area (Å²) in [5, 5.41) is 6.85. The molecule has 16 heavy (non-hydrogen) atoms. The minimum absolute atomic E-state index is 0.882. The molecule has 4 heteroatoms. The molecule has 0 radical (unpaired) electrons. The van der Waals surface area contributed by atoms with Gasteiger partial charge in [0.15, 0.2) is 0 Å². The van der Waals surface area contributed by atoms with Crippen molar-refractivity contribution in [1.82, 2.24) is 15.2 Å². The lowest BCUT2D eigenvalue weighted by Crippen LogP contribution is -2.35. The van der Waals surface area contributed by atoms with Crippen LogP contribution in [-0.4, -0.2) is 43.1 Å². The van der Waals surface area contributed by atoms with E-state index < -0.39 is 0 Å². The van der Waals surface area contributed by atoms with E-state index in [1.165, 1.54) is 37.5 Å². The van der Waals surface area contributed by atoms with Gasteiger partial charge in [-0.15, -0.1) is 11.3 Å². The first kappa shape index (κ1) is 12.0. The van der Waals surface area contributed by atoms with E-state index in [4.69, 9.17) is 0 Å². The van der Waals surface area contributed by atoms with Crippen LogP contribution in [0.4, 0.5) is 0 Å². The van der Waals surface area contributed by atoms with Crippen molar-refractivity contribution < 1.29 is 0 Å². The summed E-state index contributed by atoms with van der Waals surface area (Å²) in [5.41, 5.74) is 0. The Balaban J connectivity index is 1.55. The summed E-state index contributed by atoms with van der Waals surface area (Å²) in [6, 6.07) is 0. The molecular weight excluding hydrogens is 218 g/mol. The first-order valence-electron chi connectivity index (χ1n) is 6.12. The molecule has 90 valence electrons. The van der Waals surface area contributed by atoms with Gasteiger partial charge in [0, 0.05) is 24.5 Å². The van der Waals surface area contributed by atoms with Gasteiger partial charge < -0.3 is 10.2 Å². The van der Waals surface area contributed by atoms with Crippen molar-refractivity contribution in [2.24, 2.45) is 5.92 Å². The molecule has 0 saturated carbocycles. The Hall–Kier alpha value is -0.450. The van der Waals surface area contributed by atoms with Gasteiger partial charge in [0.2, 0.25) is 0 Å². The Morgan fingerprint density at radius 3 is 3.00 bits per heavy atom. The molecule has 1 aliphatic heterocycles. The van der Waals surface area contributed by atoms with Crippen molar-refractivity contribution in [3.8, 4) is 0 Å². The molecule has 3 nitrogen and oxygen atoms in total. The van der Waals surface area contributed by atoms with Crippen LogP contribution in [0.5, 0.6) is 0 Å². The largest absolute Gasteiger partial charge is 0.316 e. The van der Waals surface area contributed by atoms with E-state index in [9.17, 15) is 0 Å². The predicted molar refractivity (Wildman–Crippen MR) is 68.9 cm³/mol. The lowest BCUT2D eigenvalue weighted by molar-refractivity contribution is 0.216. The molecule has 0 unspecified atom stereocenters. The van der Waals surface area contributed by atoms with Crippen LogP contribution in [0.3, 0.4) is 0 Å². The Kier molecular flexibility index (Phi) is 4.75. The monoisotopic (exact) mass is 239 g/mol. The highest BCUT2D eigenvalue weighted by Gasteiger charge is 2.15. The summed E-state index contributed by atoms with van der Waals surface area (Å²) in [5.74, 6) is 0.882. The molecule has 0 bridgehead atoms. The normalized spacial score (nSPS) is 19.1. The number of nitrogens with one attached hydrogen (secondary N) is 1. The van der Waals surface area contributed by atoms with Crippen LogP contribution < -0.4 is 5.32 Å². The van der Waals surface area contributed by atoms with E-state index in [0.29, 0.717) is 0 Å². The molecule has 0 aromatic carbocycles. The van der Waals surface area contributed by atoms with Crippen molar-refractivity contribution in [3.63, 3.8) is 0 Å². The Labute approximate surface area is 102 Å². The third kappa shape index (κ3) is 3.85. The molecule has 1 aromatic heterocycles. The number of rotatable bonds is 5. The molecule has 0 atom stereocenters. The lowest BCUT2D eigenvalue weighted by Gasteiger charge is -2.29. The number of thiazole rings is 1. The average Bonchev–Trinajstić information content (AvgIpc) is 2.80. The van der Waals surface area contributed by atoms with Crippen molar-refractivity contribution in [3.05, 3.63) is 16.6 Å². The molecule has 1 fully saturated rings. The molecule has 1 N–H and O–H groups in total. The number of hydrogen-bond donors (Lipinski definition) is 1. The van der Waals surface area contributed by atoms with Crippen LogP contribution in [0, 0.1) is 5.92 Å². The van der Waals surface area contributed by atoms with Gasteiger partial charge in [-0.25, -0.2) is 4.98 Å². The SMILES string of the molecule is CN1CCC(CNCCc2nccs2)CC1. The minimum atomic E-state index is 0.882. The van der Waals surface area contributed by atoms with Crippen LogP contribution in [0.25, 0.3) is 0 Å². The van der Waals surface area contributed by atoms with E-state index in [2.05, 4.69) is 22.2 Å². The smallest absolute Gasteiger partial charge is 0.0937 e. The van der Waals surface area contributed by atoms with Crippen molar-refractivity contribution in [1.29, 1.82) is 0 Å². The predicted octanol–water partition coefficient (Wildman–Crippen LogP) is 1.62. The summed E-state index contributed by atoms with van der Waals surface area (Å²) in [4.78, 5) is 6.71. The molecule has 1 aromatic rings. The number of aromatic nitrogens is 1. The summed E-state index contributed by atoms with van der Waals surface area (Å²) in [6.07, 6.45) is 5.66. The van der Waals surface area contributed by atoms with Gasteiger partial charge in [-0.1, -0.05) is 0 Å². The lowest BCUT2D eigenvalue weighted by atomic mass is 9.97. The number of piperidine rings is 1. The zero-order valence-electron chi connectivity index (χ0n) is 9.98. The van der Waals surface area contributed by atoms with Crippen LogP contribution in [-0.2, 0) is 6.42 Å². The van der Waals surface area contributed by atoms with E-state index >= 15 is 0 Å². The second kappa shape index (κ2) is 6.33. The Morgan fingerprint density at radius 2 is 2.31 bits per heavy atom. The minimum Gasteiger partial charge on any atom is -0.316 e. The maximum absolute atomic E-state index is 4.28. The highest BCUT2D eigenvalue weighted by atomic mass is 32.1. The first-order valence-corrected chi connectivity index (χ1v) is 7.00. The van der Waals surface area contributed by atoms with Gasteiger partial charge in [0.1, 0.15) is 0 Å². The van der Waals surface area contributed by atoms with Crippen LogP contribution >= 0.6 is 11.3 Å². The highest BCUT2D eigenvalue weighted by Crippen LogP contribution is 2.14. The van der Waals surface area contributed by atoms with Crippen LogP contribution in [0.1, 0.15) is 17.8 Å². The fourth-order valence-electron chi connectivity index (χ4n) is 2.14. The van der Waals surface area contributed by atoms with Crippen molar-refractivity contribution >= 4 is 11.3 Å². The molecule has 0 amide bonds. The van der Waals surface area contributed by atoms with Crippen molar-refractivity contribution in [2.75, 3.05) is 33.2 Å². The van der Waals surface area contributed by atoms with Gasteiger partial charge in [-0.3, -0.25) is 0 Å². The molecule has 2 heterocycles. The topological polar surface area (TPSA) is 28.2 Å². The molecule has 1 saturated heterocycles. The van der Waals surface area contributed by atoms with E-state index in [-0.39, 0.29) is 0 Å². The number of nitrogens with zero attached hydrogens (tertiary/aromatic N) is 2. The summed E-state index contributed by atoms with van der Waals surface area (Å²) >= 11 is 1.75. The maximum atomic E-state index is 4.28. The van der Waals surface area contributed by atoms with E-state index in [0.717, 1.165) is 18.9 Å². The zero-order valence-corrected chi connectivity index (χ0v) is 10.8. The Morgan fingerprint density at radius 1 is 1.50 bits per heavy atom. The number of likely N-dealkylation sites (tertiary alicyclic amines) is 1. The zero-order chi connectivity index (χ0) is 11.2. The van der Waals surface area contributed by atoms with Crippen LogP contribution in [0.15, 0.2) is 11.6 Å². The van der Waals surface area contributed by atoms with Gasteiger partial charge >= 0.3 is 0 Å². The van der Waals surface area contributed by atoms with Crippen molar-refractivity contribution in [2.45, 2.75) is 19.3 Å². The fourth-order valence-corrected chi connectivity index (χ4v) is 2.76. The molecular formula is C12H21N3S. The highest BCUT2D eigenvalue weighted by molar-refractivity contribution is 7.09. The van der Waals surface area contributed by atoms with E-state index in [1.54, 1.807) is 11.3 Å². The van der Waals surface area contributed by atoms with Gasteiger partial charge in [0.05, 0.1) is 5.01 Å². The second-order valence-corrected chi connectivity index (χ2v) is 5.61. The second-order valence-electron chi connectivity index (χ2n) is 4.63. The fraction of sp³-hybridized carbons (Fsp3) is 0.750. The molecule has 0 aliphatic carbocycles. The third-order valence-corrected chi connectivity index (χ3v) is 4.11. The average molecular weight is 239 g/mol. The number of hydrogen-bond acceptors (Lipinski definition) is 4. The first-order chi connectivity index (χ1) is 7.84. The van der Waals surface area contributed by atoms with Crippen LogP contribution in [0.2, 0.25) is 0 Å². The molecule has 2 rings (SSSR count). The third-order valence-electron chi connectivity index (χ3n) is 3.27. The summed E-state index contributed by atoms with van der Waals surface area (Å²) < 4.78 is 0. The van der Waals surface area contributed by atoms with Gasteiger partial charge in [0.25, 0.3) is 0 Å².